The number of methoxy groups -OCH3 is 1. The van der Waals surface area contributed by atoms with Crippen molar-refractivity contribution >= 4 is 0 Å². The van der Waals surface area contributed by atoms with Crippen LogP contribution in [0.5, 0.6) is 5.75 Å². The van der Waals surface area contributed by atoms with Crippen LogP contribution in [0.2, 0.25) is 0 Å². The number of aromatic amines is 1. The first kappa shape index (κ1) is 10.1. The summed E-state index contributed by atoms with van der Waals surface area (Å²) in [6, 6.07) is 5.77. The first-order valence-electron chi connectivity index (χ1n) is 5.63. The van der Waals surface area contributed by atoms with Gasteiger partial charge in [0.2, 0.25) is 0 Å². The first-order chi connectivity index (χ1) is 8.29. The Kier molecular flexibility index (Phi) is 2.24. The van der Waals surface area contributed by atoms with Gasteiger partial charge in [-0.3, -0.25) is 0 Å². The van der Waals surface area contributed by atoms with Crippen molar-refractivity contribution in [2.24, 2.45) is 0 Å². The summed E-state index contributed by atoms with van der Waals surface area (Å²) in [6.45, 7) is 0. The molecule has 0 aliphatic carbocycles. The molecule has 1 aliphatic heterocycles. The van der Waals surface area contributed by atoms with E-state index in [1.54, 1.807) is 11.7 Å². The number of ether oxygens (including phenoxy) is 1. The summed E-state index contributed by atoms with van der Waals surface area (Å²) in [6.07, 6.45) is 2.75. The topological polar surface area (TPSA) is 59.9 Å². The molecule has 1 N–H and O–H groups in total. The smallest absolute Gasteiger partial charge is 0.347 e. The van der Waals surface area contributed by atoms with Gasteiger partial charge >= 0.3 is 5.69 Å². The molecule has 2 heterocycles. The Morgan fingerprint density at radius 2 is 2.29 bits per heavy atom. The van der Waals surface area contributed by atoms with E-state index in [9.17, 15) is 4.79 Å². The van der Waals surface area contributed by atoms with Gasteiger partial charge in [-0.2, -0.15) is 5.10 Å². The van der Waals surface area contributed by atoms with E-state index in [0.29, 0.717) is 0 Å². The number of nitrogens with one attached hydrogen (secondary N) is 1. The molecule has 0 radical (unpaired) electrons. The number of nitrogens with zero attached hydrogens (tertiary/aromatic N) is 2. The Bertz CT molecular complexity index is 612. The lowest BCUT2D eigenvalue weighted by Gasteiger charge is -2.09. The van der Waals surface area contributed by atoms with E-state index in [0.717, 1.165) is 42.1 Å². The van der Waals surface area contributed by atoms with Gasteiger partial charge in [0.25, 0.3) is 0 Å². The van der Waals surface area contributed by atoms with Crippen molar-refractivity contribution in [3.8, 4) is 11.4 Å². The summed E-state index contributed by atoms with van der Waals surface area (Å²) >= 11 is 0. The van der Waals surface area contributed by atoms with Gasteiger partial charge in [0.15, 0.2) is 0 Å². The molecule has 1 aromatic carbocycles. The number of hydrogen-bond acceptors (Lipinski definition) is 3. The van der Waals surface area contributed by atoms with Gasteiger partial charge in [-0.25, -0.2) is 14.5 Å². The van der Waals surface area contributed by atoms with Gasteiger partial charge in [-0.05, 0) is 36.6 Å². The zero-order chi connectivity index (χ0) is 11.8. The maximum atomic E-state index is 11.7. The normalized spacial score (nSPS) is 13.7. The van der Waals surface area contributed by atoms with Crippen molar-refractivity contribution in [3.63, 3.8) is 0 Å². The SMILES string of the molecule is COc1ccc2c(c1)CCCc1n[nH]c(=O)n1-2. The summed E-state index contributed by atoms with van der Waals surface area (Å²) in [5.74, 6) is 1.63. The highest BCUT2D eigenvalue weighted by molar-refractivity contribution is 5.47. The Morgan fingerprint density at radius 1 is 1.41 bits per heavy atom. The lowest BCUT2D eigenvalue weighted by Crippen LogP contribution is -2.17. The molecule has 5 heteroatoms. The quantitative estimate of drug-likeness (QED) is 0.798. The van der Waals surface area contributed by atoms with E-state index >= 15 is 0 Å². The Hall–Kier alpha value is -2.04. The minimum Gasteiger partial charge on any atom is -0.497 e. The van der Waals surface area contributed by atoms with Crippen molar-refractivity contribution in [2.75, 3.05) is 7.11 Å². The number of rotatable bonds is 1. The summed E-state index contributed by atoms with van der Waals surface area (Å²) in [5, 5.41) is 6.55. The predicted molar refractivity (Wildman–Crippen MR) is 62.8 cm³/mol. The van der Waals surface area contributed by atoms with Gasteiger partial charge in [-0.1, -0.05) is 0 Å². The van der Waals surface area contributed by atoms with Crippen molar-refractivity contribution in [2.45, 2.75) is 19.3 Å². The largest absolute Gasteiger partial charge is 0.497 e. The second-order valence-electron chi connectivity index (χ2n) is 4.13. The fourth-order valence-electron chi connectivity index (χ4n) is 2.29. The third-order valence-corrected chi connectivity index (χ3v) is 3.12. The van der Waals surface area contributed by atoms with E-state index in [2.05, 4.69) is 10.2 Å². The minimum absolute atomic E-state index is 0.173. The molecule has 1 aliphatic rings. The van der Waals surface area contributed by atoms with E-state index in [-0.39, 0.29) is 5.69 Å². The van der Waals surface area contributed by atoms with Crippen LogP contribution in [0.3, 0.4) is 0 Å². The van der Waals surface area contributed by atoms with Crippen molar-refractivity contribution in [1.29, 1.82) is 0 Å². The lowest BCUT2D eigenvalue weighted by molar-refractivity contribution is 0.414. The molecule has 3 rings (SSSR count). The van der Waals surface area contributed by atoms with Crippen LogP contribution in [-0.2, 0) is 12.8 Å². The van der Waals surface area contributed by atoms with Gasteiger partial charge in [0.05, 0.1) is 12.8 Å². The highest BCUT2D eigenvalue weighted by Gasteiger charge is 2.17. The monoisotopic (exact) mass is 231 g/mol. The minimum atomic E-state index is -0.173. The van der Waals surface area contributed by atoms with Crippen molar-refractivity contribution < 1.29 is 4.74 Å². The van der Waals surface area contributed by atoms with Gasteiger partial charge < -0.3 is 4.74 Å². The Morgan fingerprint density at radius 3 is 3.12 bits per heavy atom. The standard InChI is InChI=1S/C12H13N3O2/c1-17-9-5-6-10-8(7-9)3-2-4-11-13-14-12(16)15(10)11/h5-7H,2-4H2,1H3,(H,14,16). The van der Waals surface area contributed by atoms with Gasteiger partial charge in [0, 0.05) is 6.42 Å². The molecule has 0 amide bonds. The molecular formula is C12H13N3O2. The van der Waals surface area contributed by atoms with E-state index in [1.165, 1.54) is 0 Å². The van der Waals surface area contributed by atoms with Crippen LogP contribution in [0.15, 0.2) is 23.0 Å². The third-order valence-electron chi connectivity index (χ3n) is 3.12. The molecule has 0 bridgehead atoms. The molecule has 0 fully saturated rings. The van der Waals surface area contributed by atoms with Crippen LogP contribution >= 0.6 is 0 Å². The molecule has 0 unspecified atom stereocenters. The van der Waals surface area contributed by atoms with E-state index in [1.807, 2.05) is 18.2 Å². The second kappa shape index (κ2) is 3.76. The fourth-order valence-corrected chi connectivity index (χ4v) is 2.29. The molecule has 0 spiro atoms. The average molecular weight is 231 g/mol. The van der Waals surface area contributed by atoms with Crippen LogP contribution in [0.25, 0.3) is 5.69 Å². The maximum Gasteiger partial charge on any atom is 0.347 e. The third kappa shape index (κ3) is 1.54. The molecular weight excluding hydrogens is 218 g/mol. The lowest BCUT2D eigenvalue weighted by atomic mass is 10.1. The molecule has 88 valence electrons. The zero-order valence-electron chi connectivity index (χ0n) is 9.56. The van der Waals surface area contributed by atoms with Crippen LogP contribution in [0.4, 0.5) is 0 Å². The predicted octanol–water partition coefficient (Wildman–Crippen LogP) is 1.06. The first-order valence-corrected chi connectivity index (χ1v) is 5.63. The highest BCUT2D eigenvalue weighted by Crippen LogP contribution is 2.25. The molecule has 0 saturated carbocycles. The summed E-state index contributed by atoms with van der Waals surface area (Å²) in [4.78, 5) is 11.7. The fraction of sp³-hybridized carbons (Fsp3) is 0.333. The van der Waals surface area contributed by atoms with Crippen LogP contribution in [-0.4, -0.2) is 21.9 Å². The summed E-state index contributed by atoms with van der Waals surface area (Å²) in [5.41, 5.74) is 1.87. The molecule has 2 aromatic rings. The maximum absolute atomic E-state index is 11.7. The highest BCUT2D eigenvalue weighted by atomic mass is 16.5. The second-order valence-corrected chi connectivity index (χ2v) is 4.13. The molecule has 1 aromatic heterocycles. The van der Waals surface area contributed by atoms with E-state index < -0.39 is 0 Å². The molecule has 17 heavy (non-hydrogen) atoms. The number of fused-ring (bicyclic) bond motifs is 3. The Labute approximate surface area is 98.0 Å². The van der Waals surface area contributed by atoms with E-state index in [4.69, 9.17) is 4.74 Å². The number of aryl methyl sites for hydroxylation is 2. The number of hydrogen-bond donors (Lipinski definition) is 1. The molecule has 0 saturated heterocycles. The number of benzene rings is 1. The van der Waals surface area contributed by atoms with Gasteiger partial charge in [-0.15, -0.1) is 0 Å². The van der Waals surface area contributed by atoms with Gasteiger partial charge in [0.1, 0.15) is 11.6 Å². The van der Waals surface area contributed by atoms with Crippen LogP contribution < -0.4 is 10.4 Å². The summed E-state index contributed by atoms with van der Waals surface area (Å²) < 4.78 is 6.86. The Balaban J connectivity index is 2.25. The van der Waals surface area contributed by atoms with Crippen LogP contribution in [0, 0.1) is 0 Å². The summed E-state index contributed by atoms with van der Waals surface area (Å²) in [7, 11) is 1.65. The van der Waals surface area contributed by atoms with Crippen molar-refractivity contribution in [3.05, 3.63) is 40.1 Å². The molecule has 0 atom stereocenters. The van der Waals surface area contributed by atoms with Crippen LogP contribution in [0.1, 0.15) is 17.8 Å². The van der Waals surface area contributed by atoms with Crippen molar-refractivity contribution in [1.82, 2.24) is 14.8 Å². The molecule has 5 nitrogen and oxygen atoms in total. The number of aromatic nitrogens is 3. The average Bonchev–Trinajstić information content (AvgIpc) is 2.61. The number of H-pyrrole nitrogens is 1. The zero-order valence-corrected chi connectivity index (χ0v) is 9.56.